The molecule has 120 valence electrons. The van der Waals surface area contributed by atoms with E-state index in [1.54, 1.807) is 13.2 Å². The van der Waals surface area contributed by atoms with Gasteiger partial charge in [-0.25, -0.2) is 0 Å². The molecule has 0 unspecified atom stereocenters. The Morgan fingerprint density at radius 3 is 2.33 bits per heavy atom. The van der Waals surface area contributed by atoms with Crippen LogP contribution in [0.3, 0.4) is 0 Å². The number of carbonyl (C=O) groups is 1. The second-order valence-corrected chi connectivity index (χ2v) is 5.23. The van der Waals surface area contributed by atoms with Crippen LogP contribution in [0, 0.1) is 0 Å². The molecule has 0 radical (unpaired) electrons. The van der Waals surface area contributed by atoms with Crippen LogP contribution in [0.15, 0.2) is 78.9 Å². The standard InChI is InChI=1S/C20H18N2O2/c1-24-19-13-6-5-12-18(19)22-20(23)15-8-7-11-17(14-15)21-16-9-3-2-4-10-16/h2-14,21H,1H3,(H,22,23). The minimum absolute atomic E-state index is 0.184. The number of methoxy groups -OCH3 is 1. The molecule has 0 spiro atoms. The molecule has 0 aliphatic rings. The number of nitrogens with one attached hydrogen (secondary N) is 2. The highest BCUT2D eigenvalue weighted by Crippen LogP contribution is 2.24. The van der Waals surface area contributed by atoms with Gasteiger partial charge in [-0.05, 0) is 42.5 Å². The van der Waals surface area contributed by atoms with Crippen molar-refractivity contribution in [1.82, 2.24) is 0 Å². The van der Waals surface area contributed by atoms with Crippen LogP contribution in [-0.4, -0.2) is 13.0 Å². The average molecular weight is 318 g/mol. The van der Waals surface area contributed by atoms with Crippen molar-refractivity contribution in [2.45, 2.75) is 0 Å². The molecule has 0 bridgehead atoms. The molecule has 4 nitrogen and oxygen atoms in total. The Morgan fingerprint density at radius 1 is 0.833 bits per heavy atom. The summed E-state index contributed by atoms with van der Waals surface area (Å²) in [4.78, 5) is 12.5. The lowest BCUT2D eigenvalue weighted by Crippen LogP contribution is -2.12. The summed E-state index contributed by atoms with van der Waals surface area (Å²) in [6, 6.07) is 24.5. The largest absolute Gasteiger partial charge is 0.495 e. The third kappa shape index (κ3) is 3.73. The molecule has 0 fully saturated rings. The zero-order chi connectivity index (χ0) is 16.8. The maximum absolute atomic E-state index is 12.5. The lowest BCUT2D eigenvalue weighted by Gasteiger charge is -2.11. The van der Waals surface area contributed by atoms with Crippen LogP contribution < -0.4 is 15.4 Å². The molecule has 0 heterocycles. The Hall–Kier alpha value is -3.27. The Balaban J connectivity index is 1.77. The topological polar surface area (TPSA) is 50.4 Å². The summed E-state index contributed by atoms with van der Waals surface area (Å²) < 4.78 is 5.26. The third-order valence-corrected chi connectivity index (χ3v) is 3.54. The van der Waals surface area contributed by atoms with Gasteiger partial charge in [0.15, 0.2) is 0 Å². The maximum atomic E-state index is 12.5. The van der Waals surface area contributed by atoms with E-state index in [9.17, 15) is 4.79 Å². The number of anilines is 3. The van der Waals surface area contributed by atoms with Gasteiger partial charge >= 0.3 is 0 Å². The van der Waals surface area contributed by atoms with Gasteiger partial charge in [0, 0.05) is 16.9 Å². The van der Waals surface area contributed by atoms with Gasteiger partial charge in [0.25, 0.3) is 5.91 Å². The van der Waals surface area contributed by atoms with E-state index >= 15 is 0 Å². The summed E-state index contributed by atoms with van der Waals surface area (Å²) in [7, 11) is 1.58. The van der Waals surface area contributed by atoms with E-state index < -0.39 is 0 Å². The summed E-state index contributed by atoms with van der Waals surface area (Å²) in [5.74, 6) is 0.445. The first-order chi connectivity index (χ1) is 11.8. The average Bonchev–Trinajstić information content (AvgIpc) is 2.63. The highest BCUT2D eigenvalue weighted by Gasteiger charge is 2.09. The van der Waals surface area contributed by atoms with Crippen molar-refractivity contribution >= 4 is 23.0 Å². The normalized spacial score (nSPS) is 10.0. The first kappa shape index (κ1) is 15.6. The molecule has 0 aliphatic heterocycles. The van der Waals surface area contributed by atoms with E-state index in [1.807, 2.05) is 72.8 Å². The molecule has 4 heteroatoms. The van der Waals surface area contributed by atoms with Crippen molar-refractivity contribution in [3.05, 3.63) is 84.4 Å². The van der Waals surface area contributed by atoms with Gasteiger partial charge in [-0.15, -0.1) is 0 Å². The number of para-hydroxylation sites is 3. The van der Waals surface area contributed by atoms with Crippen molar-refractivity contribution in [3.63, 3.8) is 0 Å². The van der Waals surface area contributed by atoms with Crippen LogP contribution >= 0.6 is 0 Å². The number of amides is 1. The fourth-order valence-corrected chi connectivity index (χ4v) is 2.37. The van der Waals surface area contributed by atoms with Crippen LogP contribution in [0.25, 0.3) is 0 Å². The molecular formula is C20H18N2O2. The number of hydrogen-bond donors (Lipinski definition) is 2. The number of ether oxygens (including phenoxy) is 1. The highest BCUT2D eigenvalue weighted by molar-refractivity contribution is 6.05. The predicted molar refractivity (Wildman–Crippen MR) is 97.1 cm³/mol. The summed E-state index contributed by atoms with van der Waals surface area (Å²) in [5.41, 5.74) is 3.04. The second-order valence-electron chi connectivity index (χ2n) is 5.23. The SMILES string of the molecule is COc1ccccc1NC(=O)c1cccc(Nc2ccccc2)c1. The molecule has 0 atom stereocenters. The molecule has 0 aliphatic carbocycles. The van der Waals surface area contributed by atoms with Crippen LogP contribution in [0.2, 0.25) is 0 Å². The van der Waals surface area contributed by atoms with E-state index in [0.29, 0.717) is 17.0 Å². The highest BCUT2D eigenvalue weighted by atomic mass is 16.5. The minimum atomic E-state index is -0.184. The molecule has 0 saturated carbocycles. The molecule has 0 aromatic heterocycles. The van der Waals surface area contributed by atoms with Crippen LogP contribution in [0.4, 0.5) is 17.1 Å². The van der Waals surface area contributed by atoms with E-state index in [2.05, 4.69) is 10.6 Å². The van der Waals surface area contributed by atoms with Gasteiger partial charge < -0.3 is 15.4 Å². The van der Waals surface area contributed by atoms with Gasteiger partial charge in [0.1, 0.15) is 5.75 Å². The number of rotatable bonds is 5. The van der Waals surface area contributed by atoms with Gasteiger partial charge in [0.2, 0.25) is 0 Å². The number of carbonyl (C=O) groups excluding carboxylic acids is 1. The Labute approximate surface area is 141 Å². The van der Waals surface area contributed by atoms with Crippen molar-refractivity contribution < 1.29 is 9.53 Å². The van der Waals surface area contributed by atoms with Crippen molar-refractivity contribution in [3.8, 4) is 5.75 Å². The Bertz CT molecular complexity index is 832. The fourth-order valence-electron chi connectivity index (χ4n) is 2.37. The quantitative estimate of drug-likeness (QED) is 0.717. The van der Waals surface area contributed by atoms with Crippen molar-refractivity contribution in [2.75, 3.05) is 17.7 Å². The maximum Gasteiger partial charge on any atom is 0.255 e. The van der Waals surface area contributed by atoms with Gasteiger partial charge in [-0.2, -0.15) is 0 Å². The first-order valence-electron chi connectivity index (χ1n) is 7.63. The molecule has 24 heavy (non-hydrogen) atoms. The van der Waals surface area contributed by atoms with Gasteiger partial charge in [-0.1, -0.05) is 36.4 Å². The Morgan fingerprint density at radius 2 is 1.54 bits per heavy atom. The van der Waals surface area contributed by atoms with E-state index in [1.165, 1.54) is 0 Å². The van der Waals surface area contributed by atoms with Crippen molar-refractivity contribution in [1.29, 1.82) is 0 Å². The zero-order valence-corrected chi connectivity index (χ0v) is 13.3. The van der Waals surface area contributed by atoms with E-state index in [-0.39, 0.29) is 5.91 Å². The van der Waals surface area contributed by atoms with Crippen LogP contribution in [0.1, 0.15) is 10.4 Å². The smallest absolute Gasteiger partial charge is 0.255 e. The molecular weight excluding hydrogens is 300 g/mol. The van der Waals surface area contributed by atoms with Crippen LogP contribution in [0.5, 0.6) is 5.75 Å². The molecule has 3 aromatic carbocycles. The van der Waals surface area contributed by atoms with Gasteiger partial charge in [-0.3, -0.25) is 4.79 Å². The Kier molecular flexibility index (Phi) is 4.77. The second kappa shape index (κ2) is 7.33. The lowest BCUT2D eigenvalue weighted by atomic mass is 10.1. The van der Waals surface area contributed by atoms with Crippen LogP contribution in [-0.2, 0) is 0 Å². The molecule has 0 saturated heterocycles. The summed E-state index contributed by atoms with van der Waals surface area (Å²) >= 11 is 0. The molecule has 3 rings (SSSR count). The number of hydrogen-bond acceptors (Lipinski definition) is 3. The predicted octanol–water partition coefficient (Wildman–Crippen LogP) is 4.69. The lowest BCUT2D eigenvalue weighted by molar-refractivity contribution is 0.102. The fraction of sp³-hybridized carbons (Fsp3) is 0.0500. The van der Waals surface area contributed by atoms with E-state index in [4.69, 9.17) is 4.74 Å². The summed E-state index contributed by atoms with van der Waals surface area (Å²) in [6.07, 6.45) is 0. The first-order valence-corrected chi connectivity index (χ1v) is 7.63. The van der Waals surface area contributed by atoms with Gasteiger partial charge in [0.05, 0.1) is 12.8 Å². The zero-order valence-electron chi connectivity index (χ0n) is 13.3. The van der Waals surface area contributed by atoms with E-state index in [0.717, 1.165) is 11.4 Å². The monoisotopic (exact) mass is 318 g/mol. The van der Waals surface area contributed by atoms with Crippen molar-refractivity contribution in [2.24, 2.45) is 0 Å². The minimum Gasteiger partial charge on any atom is -0.495 e. The molecule has 2 N–H and O–H groups in total. The summed E-state index contributed by atoms with van der Waals surface area (Å²) in [5, 5.41) is 6.16. The number of benzene rings is 3. The molecule has 1 amide bonds. The third-order valence-electron chi connectivity index (χ3n) is 3.54. The molecule has 3 aromatic rings. The summed E-state index contributed by atoms with van der Waals surface area (Å²) in [6.45, 7) is 0.